The lowest BCUT2D eigenvalue weighted by atomic mass is 9.94. The average molecular weight is 342 g/mol. The number of hydrogen-bond acceptors (Lipinski definition) is 6. The Bertz CT molecular complexity index is 389. The molecule has 2 aliphatic heterocycles. The lowest BCUT2D eigenvalue weighted by Crippen LogP contribution is -2.48. The highest BCUT2D eigenvalue weighted by molar-refractivity contribution is 4.93. The van der Waals surface area contributed by atoms with Crippen molar-refractivity contribution in [2.24, 2.45) is 0 Å². The van der Waals surface area contributed by atoms with Crippen LogP contribution in [0.15, 0.2) is 0 Å². The number of hydrogen-bond donors (Lipinski definition) is 2. The molecule has 4 rings (SSSR count). The quantitative estimate of drug-likeness (QED) is 0.815. The molecule has 4 unspecified atom stereocenters. The van der Waals surface area contributed by atoms with Gasteiger partial charge in [-0.1, -0.05) is 12.8 Å². The van der Waals surface area contributed by atoms with E-state index in [1.54, 1.807) is 0 Å². The maximum absolute atomic E-state index is 10.6. The van der Waals surface area contributed by atoms with Gasteiger partial charge < -0.3 is 29.2 Å². The van der Waals surface area contributed by atoms with Crippen LogP contribution >= 0.6 is 0 Å². The Labute approximate surface area is 143 Å². The monoisotopic (exact) mass is 342 g/mol. The maximum atomic E-state index is 10.6. The van der Waals surface area contributed by atoms with Crippen molar-refractivity contribution in [2.45, 2.75) is 100 Å². The average Bonchev–Trinajstić information content (AvgIpc) is 3.20. The molecule has 0 bridgehead atoms. The zero-order valence-corrected chi connectivity index (χ0v) is 14.3. The molecule has 0 radical (unpaired) electrons. The van der Waals surface area contributed by atoms with E-state index in [1.165, 1.54) is 12.8 Å². The third kappa shape index (κ3) is 3.24. The molecule has 138 valence electrons. The first-order valence-corrected chi connectivity index (χ1v) is 9.61. The van der Waals surface area contributed by atoms with Crippen LogP contribution in [0, 0.1) is 0 Å². The van der Waals surface area contributed by atoms with Gasteiger partial charge in [-0.15, -0.1) is 0 Å². The highest BCUT2D eigenvalue weighted by atomic mass is 16.8. The molecule has 6 nitrogen and oxygen atoms in total. The first-order chi connectivity index (χ1) is 11.6. The summed E-state index contributed by atoms with van der Waals surface area (Å²) >= 11 is 0. The molecule has 0 aromatic rings. The summed E-state index contributed by atoms with van der Waals surface area (Å²) in [5.74, 6) is -1.08. The van der Waals surface area contributed by atoms with E-state index in [0.717, 1.165) is 51.4 Å². The second-order valence-corrected chi connectivity index (χ2v) is 7.86. The molecule has 0 aromatic carbocycles. The first kappa shape index (κ1) is 17.2. The smallest absolute Gasteiger partial charge is 0.169 e. The minimum atomic E-state index is -1.02. The maximum Gasteiger partial charge on any atom is 0.169 e. The van der Waals surface area contributed by atoms with Crippen LogP contribution in [0.1, 0.15) is 64.2 Å². The fourth-order valence-electron chi connectivity index (χ4n) is 4.64. The fourth-order valence-corrected chi connectivity index (χ4v) is 4.64. The van der Waals surface area contributed by atoms with Crippen molar-refractivity contribution >= 4 is 0 Å². The van der Waals surface area contributed by atoms with Crippen LogP contribution in [0.5, 0.6) is 0 Å². The highest BCUT2D eigenvalue weighted by Gasteiger charge is 2.50. The molecule has 2 N–H and O–H groups in total. The Hall–Kier alpha value is -0.240. The van der Waals surface area contributed by atoms with Gasteiger partial charge in [0, 0.05) is 25.7 Å². The van der Waals surface area contributed by atoms with Gasteiger partial charge in [-0.3, -0.25) is 0 Å². The van der Waals surface area contributed by atoms with Crippen LogP contribution < -0.4 is 0 Å². The van der Waals surface area contributed by atoms with Crippen molar-refractivity contribution in [1.82, 2.24) is 0 Å². The van der Waals surface area contributed by atoms with E-state index in [0.29, 0.717) is 13.2 Å². The van der Waals surface area contributed by atoms with Gasteiger partial charge in [0.1, 0.15) is 24.4 Å². The van der Waals surface area contributed by atoms with Crippen LogP contribution in [0.3, 0.4) is 0 Å². The number of ether oxygens (including phenoxy) is 4. The van der Waals surface area contributed by atoms with E-state index in [4.69, 9.17) is 18.9 Å². The SMILES string of the molecule is OC(C1COC2(CCCCC2)O1)C(O)C1COC2(CCCCC2)O1. The normalized spacial score (nSPS) is 37.8. The van der Waals surface area contributed by atoms with Crippen molar-refractivity contribution in [3.8, 4) is 0 Å². The summed E-state index contributed by atoms with van der Waals surface area (Å²) in [6, 6.07) is 0. The summed E-state index contributed by atoms with van der Waals surface area (Å²) in [6.45, 7) is 0.661. The summed E-state index contributed by atoms with van der Waals surface area (Å²) in [7, 11) is 0. The summed E-state index contributed by atoms with van der Waals surface area (Å²) in [4.78, 5) is 0. The molecule has 4 fully saturated rings. The number of aliphatic hydroxyl groups excluding tert-OH is 2. The second-order valence-electron chi connectivity index (χ2n) is 7.86. The van der Waals surface area contributed by atoms with Crippen LogP contribution in [0.4, 0.5) is 0 Å². The van der Waals surface area contributed by atoms with Gasteiger partial charge in [0.25, 0.3) is 0 Å². The van der Waals surface area contributed by atoms with E-state index >= 15 is 0 Å². The molecule has 0 aromatic heterocycles. The van der Waals surface area contributed by atoms with Crippen molar-refractivity contribution in [3.63, 3.8) is 0 Å². The standard InChI is InChI=1S/C18H30O6/c19-15(13-11-21-17(23-13)7-3-1-4-8-17)16(20)14-12-22-18(24-14)9-5-2-6-10-18/h13-16,19-20H,1-12H2. The van der Waals surface area contributed by atoms with E-state index in [2.05, 4.69) is 0 Å². The van der Waals surface area contributed by atoms with Crippen molar-refractivity contribution in [1.29, 1.82) is 0 Å². The van der Waals surface area contributed by atoms with Crippen LogP contribution in [-0.2, 0) is 18.9 Å². The third-order valence-corrected chi connectivity index (χ3v) is 6.10. The molecular weight excluding hydrogens is 312 g/mol. The van der Waals surface area contributed by atoms with Gasteiger partial charge in [-0.2, -0.15) is 0 Å². The molecule has 2 spiro atoms. The van der Waals surface area contributed by atoms with E-state index in [-0.39, 0.29) is 0 Å². The Morgan fingerprint density at radius 3 is 1.38 bits per heavy atom. The summed E-state index contributed by atoms with van der Waals surface area (Å²) < 4.78 is 23.8. The predicted molar refractivity (Wildman–Crippen MR) is 85.3 cm³/mol. The van der Waals surface area contributed by atoms with Gasteiger partial charge in [0.2, 0.25) is 0 Å². The van der Waals surface area contributed by atoms with Crippen LogP contribution in [0.25, 0.3) is 0 Å². The molecule has 2 heterocycles. The molecule has 6 heteroatoms. The fraction of sp³-hybridized carbons (Fsp3) is 1.00. The largest absolute Gasteiger partial charge is 0.387 e. The highest BCUT2D eigenvalue weighted by Crippen LogP contribution is 2.41. The number of aliphatic hydroxyl groups is 2. The van der Waals surface area contributed by atoms with Gasteiger partial charge in [-0.05, 0) is 25.7 Å². The Morgan fingerprint density at radius 2 is 1.00 bits per heavy atom. The summed E-state index contributed by atoms with van der Waals surface area (Å²) in [5, 5.41) is 21.2. The Morgan fingerprint density at radius 1 is 0.625 bits per heavy atom. The zero-order valence-electron chi connectivity index (χ0n) is 14.3. The summed E-state index contributed by atoms with van der Waals surface area (Å²) in [5.41, 5.74) is 0. The minimum Gasteiger partial charge on any atom is -0.387 e. The molecule has 2 saturated heterocycles. The second kappa shape index (κ2) is 6.82. The molecule has 2 aliphatic carbocycles. The van der Waals surface area contributed by atoms with Gasteiger partial charge in [-0.25, -0.2) is 0 Å². The zero-order chi connectivity index (χ0) is 16.6. The Kier molecular flexibility index (Phi) is 4.88. The summed E-state index contributed by atoms with van der Waals surface area (Å²) in [6.07, 6.45) is 7.25. The molecule has 0 amide bonds. The molecule has 2 saturated carbocycles. The third-order valence-electron chi connectivity index (χ3n) is 6.10. The van der Waals surface area contributed by atoms with E-state index in [1.807, 2.05) is 0 Å². The first-order valence-electron chi connectivity index (χ1n) is 9.61. The van der Waals surface area contributed by atoms with E-state index in [9.17, 15) is 10.2 Å². The van der Waals surface area contributed by atoms with Crippen LogP contribution in [-0.4, -0.2) is 59.4 Å². The van der Waals surface area contributed by atoms with Gasteiger partial charge in [0.05, 0.1) is 13.2 Å². The van der Waals surface area contributed by atoms with Crippen molar-refractivity contribution in [2.75, 3.05) is 13.2 Å². The van der Waals surface area contributed by atoms with Crippen LogP contribution in [0.2, 0.25) is 0 Å². The lowest BCUT2D eigenvalue weighted by Gasteiger charge is -2.34. The molecular formula is C18H30O6. The van der Waals surface area contributed by atoms with Crippen molar-refractivity contribution in [3.05, 3.63) is 0 Å². The minimum absolute atomic E-state index is 0.330. The lowest BCUT2D eigenvalue weighted by molar-refractivity contribution is -0.217. The Balaban J connectivity index is 1.34. The van der Waals surface area contributed by atoms with Crippen molar-refractivity contribution < 1.29 is 29.2 Å². The van der Waals surface area contributed by atoms with Gasteiger partial charge >= 0.3 is 0 Å². The topological polar surface area (TPSA) is 77.4 Å². The molecule has 4 aliphatic rings. The number of rotatable bonds is 3. The van der Waals surface area contributed by atoms with Gasteiger partial charge in [0.15, 0.2) is 11.6 Å². The van der Waals surface area contributed by atoms with E-state index < -0.39 is 36.0 Å². The molecule has 24 heavy (non-hydrogen) atoms. The molecule has 4 atom stereocenters. The predicted octanol–water partition coefficient (Wildman–Crippen LogP) is 1.86.